The second-order valence-electron chi connectivity index (χ2n) is 7.46. The van der Waals surface area contributed by atoms with E-state index < -0.39 is 0 Å². The lowest BCUT2D eigenvalue weighted by Gasteiger charge is -2.24. The number of carbonyl (C=O) groups is 1. The number of rotatable bonds is 4. The van der Waals surface area contributed by atoms with Crippen LogP contribution < -0.4 is 10.6 Å². The summed E-state index contributed by atoms with van der Waals surface area (Å²) < 4.78 is 0. The SMILES string of the molecule is CC(NC(=O)C1CC12CCNCC2)c1ccc(-c2cccnc2)cc1. The van der Waals surface area contributed by atoms with Gasteiger partial charge >= 0.3 is 0 Å². The summed E-state index contributed by atoms with van der Waals surface area (Å²) in [5.41, 5.74) is 3.68. The highest BCUT2D eigenvalue weighted by atomic mass is 16.2. The van der Waals surface area contributed by atoms with Gasteiger partial charge in [-0.25, -0.2) is 0 Å². The van der Waals surface area contributed by atoms with Crippen LogP contribution in [0.5, 0.6) is 0 Å². The monoisotopic (exact) mass is 335 g/mol. The Morgan fingerprint density at radius 1 is 1.20 bits per heavy atom. The largest absolute Gasteiger partial charge is 0.349 e. The lowest BCUT2D eigenvalue weighted by atomic mass is 9.91. The van der Waals surface area contributed by atoms with Crippen LogP contribution in [-0.4, -0.2) is 24.0 Å². The van der Waals surface area contributed by atoms with Crippen LogP contribution in [-0.2, 0) is 4.79 Å². The Bertz CT molecular complexity index is 735. The number of pyridine rings is 1. The van der Waals surface area contributed by atoms with Crippen molar-refractivity contribution < 1.29 is 4.79 Å². The molecule has 2 atom stereocenters. The zero-order valence-corrected chi connectivity index (χ0v) is 14.7. The van der Waals surface area contributed by atoms with Crippen LogP contribution in [0.4, 0.5) is 0 Å². The van der Waals surface area contributed by atoms with E-state index in [4.69, 9.17) is 0 Å². The predicted molar refractivity (Wildman–Crippen MR) is 98.9 cm³/mol. The Hall–Kier alpha value is -2.20. The molecular formula is C21H25N3O. The van der Waals surface area contributed by atoms with Crippen LogP contribution in [0.1, 0.15) is 37.8 Å². The molecule has 0 bridgehead atoms. The molecule has 1 amide bonds. The summed E-state index contributed by atoms with van der Waals surface area (Å²) in [5, 5.41) is 6.61. The van der Waals surface area contributed by atoms with Crippen molar-refractivity contribution in [2.45, 2.75) is 32.2 Å². The average Bonchev–Trinajstić information content (AvgIpc) is 3.36. The summed E-state index contributed by atoms with van der Waals surface area (Å²) in [4.78, 5) is 16.8. The van der Waals surface area contributed by atoms with Crippen molar-refractivity contribution >= 4 is 5.91 Å². The first-order valence-electron chi connectivity index (χ1n) is 9.19. The average molecular weight is 335 g/mol. The van der Waals surface area contributed by atoms with Gasteiger partial charge in [-0.2, -0.15) is 0 Å². The fraction of sp³-hybridized carbons (Fsp3) is 0.429. The van der Waals surface area contributed by atoms with Gasteiger partial charge in [0.25, 0.3) is 0 Å². The van der Waals surface area contributed by atoms with Crippen LogP contribution in [0.3, 0.4) is 0 Å². The van der Waals surface area contributed by atoms with Crippen molar-refractivity contribution in [3.8, 4) is 11.1 Å². The fourth-order valence-corrected chi connectivity index (χ4v) is 4.09. The molecule has 1 saturated carbocycles. The normalized spacial score (nSPS) is 22.4. The molecule has 0 radical (unpaired) electrons. The van der Waals surface area contributed by atoms with E-state index in [1.54, 1.807) is 6.20 Å². The van der Waals surface area contributed by atoms with Crippen LogP contribution in [0, 0.1) is 11.3 Å². The second kappa shape index (κ2) is 6.60. The molecule has 1 spiro atoms. The highest BCUT2D eigenvalue weighted by Crippen LogP contribution is 2.58. The van der Waals surface area contributed by atoms with E-state index in [0.717, 1.165) is 49.0 Å². The van der Waals surface area contributed by atoms with Crippen molar-refractivity contribution in [1.29, 1.82) is 0 Å². The lowest BCUT2D eigenvalue weighted by Crippen LogP contribution is -2.34. The molecule has 1 aliphatic carbocycles. The number of benzene rings is 1. The van der Waals surface area contributed by atoms with E-state index in [9.17, 15) is 4.79 Å². The van der Waals surface area contributed by atoms with Gasteiger partial charge in [-0.3, -0.25) is 9.78 Å². The third-order valence-electron chi connectivity index (χ3n) is 5.87. The van der Waals surface area contributed by atoms with Gasteiger partial charge in [0.2, 0.25) is 5.91 Å². The molecular weight excluding hydrogens is 310 g/mol. The van der Waals surface area contributed by atoms with Gasteiger partial charge in [0, 0.05) is 18.3 Å². The van der Waals surface area contributed by atoms with Crippen LogP contribution in [0.2, 0.25) is 0 Å². The van der Waals surface area contributed by atoms with Crippen molar-refractivity contribution in [2.24, 2.45) is 11.3 Å². The summed E-state index contributed by atoms with van der Waals surface area (Å²) in [5.74, 6) is 0.442. The number of nitrogens with zero attached hydrogens (tertiary/aromatic N) is 1. The zero-order valence-electron chi connectivity index (χ0n) is 14.7. The predicted octanol–water partition coefficient (Wildman–Crippen LogP) is 3.32. The molecule has 1 saturated heterocycles. The van der Waals surface area contributed by atoms with E-state index in [1.165, 1.54) is 0 Å². The van der Waals surface area contributed by atoms with E-state index in [1.807, 2.05) is 12.3 Å². The third kappa shape index (κ3) is 3.31. The number of aromatic nitrogens is 1. The Morgan fingerprint density at radius 2 is 1.96 bits per heavy atom. The highest BCUT2D eigenvalue weighted by Gasteiger charge is 2.57. The van der Waals surface area contributed by atoms with Gasteiger partial charge in [-0.05, 0) is 67.4 Å². The molecule has 1 aromatic heterocycles. The van der Waals surface area contributed by atoms with E-state index in [-0.39, 0.29) is 17.9 Å². The van der Waals surface area contributed by atoms with Gasteiger partial charge in [-0.1, -0.05) is 30.3 Å². The number of nitrogens with one attached hydrogen (secondary N) is 2. The molecule has 2 fully saturated rings. The summed E-state index contributed by atoms with van der Waals surface area (Å²) in [7, 11) is 0. The first-order valence-corrected chi connectivity index (χ1v) is 9.19. The molecule has 2 aromatic rings. The van der Waals surface area contributed by atoms with E-state index >= 15 is 0 Å². The van der Waals surface area contributed by atoms with Gasteiger partial charge in [-0.15, -0.1) is 0 Å². The fourth-order valence-electron chi connectivity index (χ4n) is 4.09. The molecule has 25 heavy (non-hydrogen) atoms. The minimum Gasteiger partial charge on any atom is -0.349 e. The van der Waals surface area contributed by atoms with Gasteiger partial charge in [0.15, 0.2) is 0 Å². The minimum atomic E-state index is 0.0369. The van der Waals surface area contributed by atoms with E-state index in [0.29, 0.717) is 5.41 Å². The molecule has 2 heterocycles. The zero-order chi connectivity index (χ0) is 17.3. The Balaban J connectivity index is 1.38. The lowest BCUT2D eigenvalue weighted by molar-refractivity contribution is -0.123. The number of hydrogen-bond acceptors (Lipinski definition) is 3. The standard InChI is InChI=1S/C21H25N3O/c1-15(24-20(25)19-13-21(19)8-11-22-12-9-21)16-4-6-17(7-5-16)18-3-2-10-23-14-18/h2-7,10,14-15,19,22H,8-9,11-13H2,1H3,(H,24,25). The first kappa shape index (κ1) is 16.3. The van der Waals surface area contributed by atoms with Crippen molar-refractivity contribution in [3.63, 3.8) is 0 Å². The number of carbonyl (C=O) groups excluding carboxylic acids is 1. The Labute approximate surface area is 149 Å². The third-order valence-corrected chi connectivity index (χ3v) is 5.87. The quantitative estimate of drug-likeness (QED) is 0.901. The first-order chi connectivity index (χ1) is 12.2. The van der Waals surface area contributed by atoms with E-state index in [2.05, 4.69) is 52.9 Å². The minimum absolute atomic E-state index is 0.0369. The smallest absolute Gasteiger partial charge is 0.224 e. The van der Waals surface area contributed by atoms with Crippen molar-refractivity contribution in [1.82, 2.24) is 15.6 Å². The summed E-state index contributed by atoms with van der Waals surface area (Å²) in [6.45, 7) is 4.17. The highest BCUT2D eigenvalue weighted by molar-refractivity contribution is 5.83. The van der Waals surface area contributed by atoms with Crippen LogP contribution >= 0.6 is 0 Å². The number of hydrogen-bond donors (Lipinski definition) is 2. The van der Waals surface area contributed by atoms with Crippen LogP contribution in [0.25, 0.3) is 11.1 Å². The van der Waals surface area contributed by atoms with Crippen molar-refractivity contribution in [2.75, 3.05) is 13.1 Å². The maximum atomic E-state index is 12.6. The topological polar surface area (TPSA) is 54.0 Å². The number of amides is 1. The molecule has 4 rings (SSSR count). The molecule has 4 heteroatoms. The summed E-state index contributed by atoms with van der Waals surface area (Å²) in [6.07, 6.45) is 6.99. The molecule has 1 aromatic carbocycles. The van der Waals surface area contributed by atoms with Crippen LogP contribution in [0.15, 0.2) is 48.8 Å². The maximum absolute atomic E-state index is 12.6. The second-order valence-corrected chi connectivity index (χ2v) is 7.46. The van der Waals surface area contributed by atoms with Gasteiger partial charge in [0.05, 0.1) is 6.04 Å². The Kier molecular flexibility index (Phi) is 4.30. The molecule has 1 aliphatic heterocycles. The molecule has 4 nitrogen and oxygen atoms in total. The van der Waals surface area contributed by atoms with Gasteiger partial charge in [0.1, 0.15) is 0 Å². The molecule has 2 unspecified atom stereocenters. The van der Waals surface area contributed by atoms with Crippen molar-refractivity contribution in [3.05, 3.63) is 54.4 Å². The Morgan fingerprint density at radius 3 is 2.64 bits per heavy atom. The summed E-state index contributed by atoms with van der Waals surface area (Å²) in [6, 6.07) is 12.4. The van der Waals surface area contributed by atoms with Gasteiger partial charge < -0.3 is 10.6 Å². The summed E-state index contributed by atoms with van der Waals surface area (Å²) >= 11 is 0. The number of piperidine rings is 1. The molecule has 2 N–H and O–H groups in total. The molecule has 2 aliphatic rings. The molecule has 130 valence electrons. The maximum Gasteiger partial charge on any atom is 0.224 e.